The van der Waals surface area contributed by atoms with Crippen molar-refractivity contribution >= 4 is 10.5 Å². The Morgan fingerprint density at radius 3 is 2.80 bits per heavy atom. The summed E-state index contributed by atoms with van der Waals surface area (Å²) in [6, 6.07) is 0. The Hall–Kier alpha value is -0.437. The van der Waals surface area contributed by atoms with E-state index in [1.165, 1.54) is 0 Å². The van der Waals surface area contributed by atoms with Gasteiger partial charge in [-0.2, -0.15) is 0 Å². The van der Waals surface area contributed by atoms with Crippen LogP contribution in [0.1, 0.15) is 12.8 Å². The molecule has 0 aromatic heterocycles. The fourth-order valence-corrected chi connectivity index (χ4v) is 1.17. The molecule has 1 rings (SSSR count). The fourth-order valence-electron chi connectivity index (χ4n) is 0.843. The van der Waals surface area contributed by atoms with E-state index >= 15 is 0 Å². The van der Waals surface area contributed by atoms with Crippen LogP contribution in [0, 0.1) is 0 Å². The first-order chi connectivity index (χ1) is 4.70. The van der Waals surface area contributed by atoms with E-state index < -0.39 is 0 Å². The van der Waals surface area contributed by atoms with Crippen LogP contribution >= 0.6 is 0 Å². The molecule has 51 valence electrons. The summed E-state index contributed by atoms with van der Waals surface area (Å²) in [6.07, 6.45) is 1.30. The molecule has 1 saturated heterocycles. The van der Waals surface area contributed by atoms with Gasteiger partial charge in [-0.25, -0.2) is 0 Å². The summed E-state index contributed by atoms with van der Waals surface area (Å²) < 4.78 is -0.310. The van der Waals surface area contributed by atoms with Gasteiger partial charge in [0.1, 0.15) is 0 Å². The van der Waals surface area contributed by atoms with Gasteiger partial charge in [0.2, 0.25) is 0 Å². The molecule has 0 N–H and O–H groups in total. The third-order valence-electron chi connectivity index (χ3n) is 1.24. The van der Waals surface area contributed by atoms with Crippen molar-refractivity contribution in [1.29, 1.82) is 0 Å². The molecule has 0 bridgehead atoms. The predicted molar refractivity (Wildman–Crippen MR) is 27.4 cm³/mol. The zero-order chi connectivity index (χ0) is 7.56. The topological polar surface area (TPSA) is 46.6 Å². The first-order valence-corrected chi connectivity index (χ1v) is 4.53. The van der Waals surface area contributed by atoms with Gasteiger partial charge in [0, 0.05) is 0 Å². The van der Waals surface area contributed by atoms with Gasteiger partial charge in [-0.3, -0.25) is 0 Å². The Balaban J connectivity index is 2.40. The number of hydroxylamine groups is 2. The third-order valence-corrected chi connectivity index (χ3v) is 1.51. The molecule has 0 unspecified atom stereocenters. The number of amides is 1. The van der Waals surface area contributed by atoms with Crippen LogP contribution < -0.4 is 0 Å². The van der Waals surface area contributed by atoms with Crippen molar-refractivity contribution in [1.82, 2.24) is 5.06 Å². The first-order valence-electron chi connectivity index (χ1n) is 3.04. The van der Waals surface area contributed by atoms with Crippen LogP contribution in [0.15, 0.2) is 0 Å². The van der Waals surface area contributed by atoms with Gasteiger partial charge in [-0.1, -0.05) is 0 Å². The van der Waals surface area contributed by atoms with Crippen molar-refractivity contribution < 1.29 is 32.7 Å². The van der Waals surface area contributed by atoms with Crippen LogP contribution in [-0.2, 0) is 27.9 Å². The number of carbonyl (C=O) groups is 2. The Labute approximate surface area is 68.1 Å². The molecule has 0 aromatic rings. The quantitative estimate of drug-likeness (QED) is 0.559. The van der Waals surface area contributed by atoms with Crippen LogP contribution in [0.5, 0.6) is 0 Å². The summed E-state index contributed by atoms with van der Waals surface area (Å²) in [6.45, 7) is 0.560. The van der Waals surface area contributed by atoms with Crippen molar-refractivity contribution in [2.24, 2.45) is 0 Å². The second kappa shape index (κ2) is 3.10. The van der Waals surface area contributed by atoms with Crippen LogP contribution in [0.4, 0.5) is 4.79 Å². The van der Waals surface area contributed by atoms with Crippen LogP contribution in [-0.4, -0.2) is 22.1 Å². The molecule has 0 atom stereocenters. The average molecular weight is 193 g/mol. The van der Waals surface area contributed by atoms with Gasteiger partial charge in [0.25, 0.3) is 0 Å². The second-order valence-corrected chi connectivity index (χ2v) is 3.27. The normalized spacial score (nSPS) is 17.8. The van der Waals surface area contributed by atoms with Crippen LogP contribution in [0.25, 0.3) is 0 Å². The fraction of sp³-hybridized carbons (Fsp3) is 0.600. The van der Waals surface area contributed by atoms with Gasteiger partial charge in [-0.15, -0.1) is 0 Å². The van der Waals surface area contributed by atoms with Crippen molar-refractivity contribution in [3.8, 4) is 0 Å². The molecule has 0 spiro atoms. The van der Waals surface area contributed by atoms with E-state index in [9.17, 15) is 9.59 Å². The standard InChI is InChI=1S/C5H6NO3.Zn/c7-4-9-6-3-1-2-5(6)8;/h1-3H2;. The molecule has 0 aliphatic carbocycles. The number of carbonyl (C=O) groups excluding carboxylic acids is 2. The van der Waals surface area contributed by atoms with Crippen LogP contribution in [0.3, 0.4) is 0 Å². The summed E-state index contributed by atoms with van der Waals surface area (Å²) >= 11 is 0.434. The predicted octanol–water partition coefficient (Wildman–Crippen LogP) is 0.207. The molecule has 0 aromatic carbocycles. The Morgan fingerprint density at radius 2 is 2.40 bits per heavy atom. The summed E-state index contributed by atoms with van der Waals surface area (Å²) in [5.41, 5.74) is 0. The van der Waals surface area contributed by atoms with Gasteiger partial charge in [0.05, 0.1) is 0 Å². The maximum atomic E-state index is 10.8. The van der Waals surface area contributed by atoms with Crippen molar-refractivity contribution in [3.05, 3.63) is 0 Å². The number of hydrogen-bond acceptors (Lipinski definition) is 3. The van der Waals surface area contributed by atoms with Crippen LogP contribution in [0.2, 0.25) is 0 Å². The van der Waals surface area contributed by atoms with E-state index in [1.807, 2.05) is 0 Å². The monoisotopic (exact) mass is 192 g/mol. The average Bonchev–Trinajstić information content (AvgIpc) is 2.15. The van der Waals surface area contributed by atoms with Gasteiger partial charge in [0.15, 0.2) is 0 Å². The summed E-state index contributed by atoms with van der Waals surface area (Å²) in [5, 5.41) is 1.14. The molecule has 1 aliphatic heterocycles. The van der Waals surface area contributed by atoms with E-state index in [-0.39, 0.29) is 10.5 Å². The van der Waals surface area contributed by atoms with E-state index in [4.69, 9.17) is 0 Å². The van der Waals surface area contributed by atoms with Crippen molar-refractivity contribution in [2.75, 3.05) is 6.54 Å². The summed E-state index contributed by atoms with van der Waals surface area (Å²) in [5.74, 6) is -0.0817. The zero-order valence-corrected chi connectivity index (χ0v) is 8.47. The minimum absolute atomic E-state index is 0.0817. The van der Waals surface area contributed by atoms with Crippen molar-refractivity contribution in [2.45, 2.75) is 12.8 Å². The Bertz CT molecular complexity index is 170. The molecule has 1 fully saturated rings. The Morgan fingerprint density at radius 1 is 1.70 bits per heavy atom. The second-order valence-electron chi connectivity index (χ2n) is 2.06. The van der Waals surface area contributed by atoms with Gasteiger partial charge in [-0.05, 0) is 0 Å². The van der Waals surface area contributed by atoms with Gasteiger partial charge >= 0.3 is 67.6 Å². The molecule has 0 radical (unpaired) electrons. The summed E-state index contributed by atoms with van der Waals surface area (Å²) in [4.78, 5) is 25.8. The van der Waals surface area contributed by atoms with Gasteiger partial charge < -0.3 is 0 Å². The molecular formula is C5H6NO3Zn. The molecule has 10 heavy (non-hydrogen) atoms. The number of rotatable bonds is 1. The van der Waals surface area contributed by atoms with E-state index in [2.05, 4.69) is 4.84 Å². The first kappa shape index (κ1) is 7.67. The maximum absolute atomic E-state index is 10.8. The number of nitrogens with zero attached hydrogens (tertiary/aromatic N) is 1. The van der Waals surface area contributed by atoms with E-state index in [0.29, 0.717) is 31.3 Å². The van der Waals surface area contributed by atoms with E-state index in [1.54, 1.807) is 0 Å². The molecular weight excluding hydrogens is 187 g/mol. The molecule has 1 heterocycles. The number of hydrogen-bond donors (Lipinski definition) is 0. The molecule has 1 amide bonds. The van der Waals surface area contributed by atoms with Crippen molar-refractivity contribution in [3.63, 3.8) is 0 Å². The molecule has 5 heteroatoms. The Kier molecular flexibility index (Phi) is 2.38. The molecule has 0 saturated carbocycles. The molecule has 1 aliphatic rings. The minimum atomic E-state index is -0.310. The SMILES string of the molecule is O=[C]([Zn])ON1CCCC1=O. The molecule has 4 nitrogen and oxygen atoms in total. The zero-order valence-electron chi connectivity index (χ0n) is 5.50. The van der Waals surface area contributed by atoms with E-state index in [0.717, 1.165) is 11.5 Å². The third kappa shape index (κ3) is 1.77. The summed E-state index contributed by atoms with van der Waals surface area (Å²) in [7, 11) is 0.